The van der Waals surface area contributed by atoms with E-state index in [-0.39, 0.29) is 17.3 Å². The van der Waals surface area contributed by atoms with E-state index in [9.17, 15) is 9.90 Å². The zero-order valence-electron chi connectivity index (χ0n) is 7.67. The Hall–Kier alpha value is -1.48. The van der Waals surface area contributed by atoms with Crippen molar-refractivity contribution in [1.29, 1.82) is 0 Å². The maximum atomic E-state index is 11.2. The molecule has 0 fully saturated rings. The van der Waals surface area contributed by atoms with E-state index in [4.69, 9.17) is 11.6 Å². The van der Waals surface area contributed by atoms with Crippen LogP contribution in [-0.2, 0) is 4.79 Å². The summed E-state index contributed by atoms with van der Waals surface area (Å²) in [5, 5.41) is 12.3. The highest BCUT2D eigenvalue weighted by Crippen LogP contribution is 2.26. The maximum Gasteiger partial charge on any atom is 0.250 e. The molecule has 0 heterocycles. The summed E-state index contributed by atoms with van der Waals surface area (Å²) in [6, 6.07) is 4.42. The number of carbonyl (C=O) groups excluding carboxylic acids is 1. The Morgan fingerprint density at radius 1 is 1.57 bits per heavy atom. The number of phenols is 1. The zero-order chi connectivity index (χ0) is 10.7. The first-order valence-electron chi connectivity index (χ1n) is 3.96. The van der Waals surface area contributed by atoms with Crippen LogP contribution in [0.15, 0.2) is 30.4 Å². The number of benzene rings is 1. The van der Waals surface area contributed by atoms with Crippen LogP contribution in [0.3, 0.4) is 0 Å². The van der Waals surface area contributed by atoms with Gasteiger partial charge in [0.2, 0.25) is 0 Å². The van der Waals surface area contributed by atoms with Crippen molar-refractivity contribution in [3.05, 3.63) is 35.4 Å². The second kappa shape index (κ2) is 4.15. The van der Waals surface area contributed by atoms with Crippen LogP contribution >= 0.6 is 11.6 Å². The lowest BCUT2D eigenvalue weighted by Crippen LogP contribution is -2.11. The normalized spacial score (nSPS) is 9.57. The summed E-state index contributed by atoms with van der Waals surface area (Å²) in [5.74, 6) is -0.369. The molecule has 0 atom stereocenters. The van der Waals surface area contributed by atoms with Crippen LogP contribution < -0.4 is 5.32 Å². The smallest absolute Gasteiger partial charge is 0.250 e. The van der Waals surface area contributed by atoms with Crippen LogP contribution in [0.25, 0.3) is 0 Å². The summed E-state index contributed by atoms with van der Waals surface area (Å²) in [4.78, 5) is 11.2. The van der Waals surface area contributed by atoms with Gasteiger partial charge in [0.15, 0.2) is 0 Å². The summed E-state index contributed by atoms with van der Waals surface area (Å²) >= 11 is 5.70. The third-order valence-electron chi connectivity index (χ3n) is 1.59. The van der Waals surface area contributed by atoms with Gasteiger partial charge in [-0.25, -0.2) is 0 Å². The number of anilines is 1. The van der Waals surface area contributed by atoms with Gasteiger partial charge in [-0.2, -0.15) is 0 Å². The Morgan fingerprint density at radius 3 is 2.79 bits per heavy atom. The van der Waals surface area contributed by atoms with Crippen LogP contribution in [0.5, 0.6) is 5.75 Å². The molecule has 1 aromatic rings. The molecular weight excluding hydrogens is 202 g/mol. The number of rotatable bonds is 2. The number of nitrogens with one attached hydrogen (secondary N) is 1. The van der Waals surface area contributed by atoms with E-state index in [2.05, 4.69) is 11.9 Å². The first-order valence-corrected chi connectivity index (χ1v) is 4.34. The highest BCUT2D eigenvalue weighted by molar-refractivity contribution is 6.31. The topological polar surface area (TPSA) is 49.3 Å². The summed E-state index contributed by atoms with van der Waals surface area (Å²) in [7, 11) is 0. The van der Waals surface area contributed by atoms with Gasteiger partial charge in [-0.15, -0.1) is 0 Å². The minimum absolute atomic E-state index is 0.0241. The van der Waals surface area contributed by atoms with Crippen molar-refractivity contribution in [3.8, 4) is 5.75 Å². The number of hydrogen-bond donors (Lipinski definition) is 2. The minimum atomic E-state index is -0.345. The quantitative estimate of drug-likeness (QED) is 0.584. The van der Waals surface area contributed by atoms with E-state index in [0.717, 1.165) is 0 Å². The van der Waals surface area contributed by atoms with Crippen molar-refractivity contribution in [2.24, 2.45) is 0 Å². The van der Waals surface area contributed by atoms with Gasteiger partial charge in [-0.1, -0.05) is 18.2 Å². The fraction of sp³-hybridized carbons (Fsp3) is 0.100. The fourth-order valence-corrected chi connectivity index (χ4v) is 1.01. The van der Waals surface area contributed by atoms with Crippen LogP contribution in [0.4, 0.5) is 5.69 Å². The van der Waals surface area contributed by atoms with E-state index < -0.39 is 0 Å². The van der Waals surface area contributed by atoms with E-state index in [1.807, 2.05) is 0 Å². The molecule has 4 heteroatoms. The monoisotopic (exact) mass is 211 g/mol. The third kappa shape index (κ3) is 2.50. The predicted molar refractivity (Wildman–Crippen MR) is 56.6 cm³/mol. The van der Waals surface area contributed by atoms with Gasteiger partial charge in [0.05, 0.1) is 5.69 Å². The highest BCUT2D eigenvalue weighted by atomic mass is 35.5. The SMILES string of the molecule is C=C(C)C(=O)Nc1cc(Cl)ccc1O. The van der Waals surface area contributed by atoms with Gasteiger partial charge in [-0.05, 0) is 25.1 Å². The molecule has 0 spiro atoms. The Balaban J connectivity index is 2.91. The molecule has 0 bridgehead atoms. The molecule has 0 aliphatic heterocycles. The Labute approximate surface area is 87.0 Å². The average molecular weight is 212 g/mol. The van der Waals surface area contributed by atoms with Gasteiger partial charge >= 0.3 is 0 Å². The van der Waals surface area contributed by atoms with Crippen molar-refractivity contribution in [3.63, 3.8) is 0 Å². The van der Waals surface area contributed by atoms with E-state index in [1.165, 1.54) is 18.2 Å². The Morgan fingerprint density at radius 2 is 2.21 bits per heavy atom. The van der Waals surface area contributed by atoms with Crippen molar-refractivity contribution in [2.75, 3.05) is 5.32 Å². The Bertz CT molecular complexity index is 388. The molecule has 0 saturated heterocycles. The van der Waals surface area contributed by atoms with Gasteiger partial charge in [0.25, 0.3) is 5.91 Å². The van der Waals surface area contributed by atoms with Crippen LogP contribution in [0.1, 0.15) is 6.92 Å². The van der Waals surface area contributed by atoms with E-state index >= 15 is 0 Å². The van der Waals surface area contributed by atoms with Crippen molar-refractivity contribution in [2.45, 2.75) is 6.92 Å². The van der Waals surface area contributed by atoms with E-state index in [0.29, 0.717) is 10.6 Å². The molecule has 2 N–H and O–H groups in total. The first-order chi connectivity index (χ1) is 6.50. The molecule has 1 aromatic carbocycles. The van der Waals surface area contributed by atoms with Crippen molar-refractivity contribution < 1.29 is 9.90 Å². The van der Waals surface area contributed by atoms with E-state index in [1.54, 1.807) is 6.92 Å². The molecule has 0 aliphatic rings. The molecule has 1 amide bonds. The van der Waals surface area contributed by atoms with Crippen LogP contribution in [0, 0.1) is 0 Å². The standard InChI is InChI=1S/C10H10ClNO2/c1-6(2)10(14)12-8-5-7(11)3-4-9(8)13/h3-5,13H,1H2,2H3,(H,12,14). The lowest BCUT2D eigenvalue weighted by Gasteiger charge is -2.06. The molecule has 0 saturated carbocycles. The molecular formula is C10H10ClNO2. The van der Waals surface area contributed by atoms with Crippen LogP contribution in [-0.4, -0.2) is 11.0 Å². The number of aromatic hydroxyl groups is 1. The van der Waals surface area contributed by atoms with Crippen molar-refractivity contribution >= 4 is 23.2 Å². The van der Waals surface area contributed by atoms with Gasteiger partial charge in [0.1, 0.15) is 5.75 Å². The summed E-state index contributed by atoms with van der Waals surface area (Å²) in [6.45, 7) is 5.06. The second-order valence-corrected chi connectivity index (χ2v) is 3.33. The van der Waals surface area contributed by atoms with Gasteiger partial charge < -0.3 is 10.4 Å². The fourth-order valence-electron chi connectivity index (χ4n) is 0.837. The number of halogens is 1. The molecule has 74 valence electrons. The summed E-state index contributed by atoms with van der Waals surface area (Å²) in [6.07, 6.45) is 0. The largest absolute Gasteiger partial charge is 0.506 e. The lowest BCUT2D eigenvalue weighted by atomic mass is 10.2. The lowest BCUT2D eigenvalue weighted by molar-refractivity contribution is -0.112. The van der Waals surface area contributed by atoms with Crippen LogP contribution in [0.2, 0.25) is 5.02 Å². The first kappa shape index (κ1) is 10.6. The summed E-state index contributed by atoms with van der Waals surface area (Å²) < 4.78 is 0. The summed E-state index contributed by atoms with van der Waals surface area (Å²) in [5.41, 5.74) is 0.648. The van der Waals surface area contributed by atoms with Crippen molar-refractivity contribution in [1.82, 2.24) is 0 Å². The molecule has 0 aliphatic carbocycles. The Kier molecular flexibility index (Phi) is 3.14. The molecule has 3 nitrogen and oxygen atoms in total. The van der Waals surface area contributed by atoms with Gasteiger partial charge in [-0.3, -0.25) is 4.79 Å². The average Bonchev–Trinajstić information content (AvgIpc) is 2.11. The minimum Gasteiger partial charge on any atom is -0.506 e. The number of carbonyl (C=O) groups is 1. The molecule has 14 heavy (non-hydrogen) atoms. The maximum absolute atomic E-state index is 11.2. The second-order valence-electron chi connectivity index (χ2n) is 2.90. The molecule has 0 unspecified atom stereocenters. The van der Waals surface area contributed by atoms with Gasteiger partial charge in [0, 0.05) is 10.6 Å². The molecule has 1 rings (SSSR count). The zero-order valence-corrected chi connectivity index (χ0v) is 8.43. The molecule has 0 aromatic heterocycles. The predicted octanol–water partition coefficient (Wildman–Crippen LogP) is 2.56. The third-order valence-corrected chi connectivity index (χ3v) is 1.83. The number of hydrogen-bond acceptors (Lipinski definition) is 2. The molecule has 0 radical (unpaired) electrons. The number of phenolic OH excluding ortho intramolecular Hbond substituents is 1. The number of amides is 1. The highest BCUT2D eigenvalue weighted by Gasteiger charge is 2.06.